The van der Waals surface area contributed by atoms with Crippen molar-refractivity contribution in [2.75, 3.05) is 4.90 Å². The summed E-state index contributed by atoms with van der Waals surface area (Å²) in [6, 6.07) is 88.5. The molecule has 0 radical (unpaired) electrons. The second-order valence-corrected chi connectivity index (χ2v) is 22.0. The van der Waals surface area contributed by atoms with Crippen LogP contribution < -0.4 is 9.64 Å². The highest BCUT2D eigenvalue weighted by Gasteiger charge is 2.46. The van der Waals surface area contributed by atoms with Crippen molar-refractivity contribution in [1.29, 1.82) is 0 Å². The molecule has 12 aromatic rings. The van der Waals surface area contributed by atoms with Gasteiger partial charge in [-0.05, 0) is 200 Å². The van der Waals surface area contributed by atoms with Gasteiger partial charge >= 0.3 is 0 Å². The maximum absolute atomic E-state index is 14.2. The van der Waals surface area contributed by atoms with Crippen LogP contribution in [0, 0.1) is 19.7 Å². The molecule has 1 aliphatic carbocycles. The molecule has 0 saturated heterocycles. The van der Waals surface area contributed by atoms with Gasteiger partial charge in [0.1, 0.15) is 17.3 Å². The monoisotopic (exact) mass is 1020 g/mol. The number of hydrogen-bond acceptors (Lipinski definition) is 2. The zero-order valence-corrected chi connectivity index (χ0v) is 45.1. The molecule has 13 rings (SSSR count). The van der Waals surface area contributed by atoms with Crippen molar-refractivity contribution < 1.29 is 9.13 Å². The second kappa shape index (κ2) is 19.5. The lowest BCUT2D eigenvalue weighted by Gasteiger charge is -2.35. The lowest BCUT2D eigenvalue weighted by atomic mass is 9.67. The van der Waals surface area contributed by atoms with Gasteiger partial charge in [0.2, 0.25) is 0 Å². The Labute approximate surface area is 462 Å². The molecule has 0 spiro atoms. The van der Waals surface area contributed by atoms with Gasteiger partial charge in [-0.15, -0.1) is 0 Å². The molecule has 0 amide bonds. The van der Waals surface area contributed by atoms with E-state index in [1.54, 1.807) is 0 Å². The number of rotatable bonds is 11. The quantitative estimate of drug-likeness (QED) is 0.128. The summed E-state index contributed by atoms with van der Waals surface area (Å²) in [5, 5.41) is 2.30. The highest BCUT2D eigenvalue weighted by molar-refractivity contribution is 6.10. The maximum atomic E-state index is 14.2. The lowest BCUT2D eigenvalue weighted by Crippen LogP contribution is -2.28. The summed E-state index contributed by atoms with van der Waals surface area (Å²) < 4.78 is 22.9. The number of aromatic nitrogens is 1. The molecule has 11 aromatic carbocycles. The normalized spacial score (nSPS) is 13.8. The molecule has 1 atom stereocenters. The highest BCUT2D eigenvalue weighted by atomic mass is 19.1. The van der Waals surface area contributed by atoms with Crippen LogP contribution in [0.15, 0.2) is 255 Å². The van der Waals surface area contributed by atoms with Crippen molar-refractivity contribution in [2.45, 2.75) is 45.4 Å². The lowest BCUT2D eigenvalue weighted by molar-refractivity contribution is 0.482. The zero-order valence-electron chi connectivity index (χ0n) is 45.1. The van der Waals surface area contributed by atoms with Gasteiger partial charge < -0.3 is 14.2 Å². The van der Waals surface area contributed by atoms with Crippen LogP contribution in [-0.2, 0) is 10.8 Å². The summed E-state index contributed by atoms with van der Waals surface area (Å²) >= 11 is 0. The zero-order chi connectivity index (χ0) is 54.0. The maximum Gasteiger partial charge on any atom is 0.127 e. The Morgan fingerprint density at radius 2 is 1.08 bits per heavy atom. The molecular formula is C75H59FN2O. The summed E-state index contributed by atoms with van der Waals surface area (Å²) in [5.41, 5.74) is 22.3. The van der Waals surface area contributed by atoms with E-state index in [-0.39, 0.29) is 11.2 Å². The fraction of sp³-hybridized carbons (Fsp3) is 0.0933. The number of para-hydroxylation sites is 1. The minimum Gasteiger partial charge on any atom is -0.457 e. The molecule has 4 heteroatoms. The molecule has 0 bridgehead atoms. The van der Waals surface area contributed by atoms with Gasteiger partial charge in [0.15, 0.2) is 0 Å². The largest absolute Gasteiger partial charge is 0.457 e. The Balaban J connectivity index is 0.966. The molecule has 1 heterocycles. The number of nitrogens with zero attached hydrogens (tertiary/aromatic N) is 2. The Morgan fingerprint density at radius 3 is 1.78 bits per heavy atom. The molecule has 0 saturated carbocycles. The first-order valence-corrected chi connectivity index (χ1v) is 27.2. The van der Waals surface area contributed by atoms with Crippen LogP contribution in [0.4, 0.5) is 21.5 Å². The predicted octanol–water partition coefficient (Wildman–Crippen LogP) is 20.4. The van der Waals surface area contributed by atoms with E-state index < -0.39 is 5.41 Å². The Morgan fingerprint density at radius 1 is 0.481 bits per heavy atom. The molecular weight excluding hydrogens is 964 g/mol. The number of anilines is 3. The Hall–Kier alpha value is -9.51. The second-order valence-electron chi connectivity index (χ2n) is 22.0. The number of hydrogen-bond donors (Lipinski definition) is 0. The molecule has 0 aliphatic heterocycles. The van der Waals surface area contributed by atoms with Gasteiger partial charge in [-0.2, -0.15) is 0 Å². The highest BCUT2D eigenvalue weighted by Crippen LogP contribution is 2.58. The molecule has 1 aliphatic rings. The third kappa shape index (κ3) is 8.52. The first kappa shape index (κ1) is 49.1. The number of aryl methyl sites for hydroxylation is 2. The minimum atomic E-state index is -0.657. The summed E-state index contributed by atoms with van der Waals surface area (Å²) in [7, 11) is 0. The molecule has 0 N–H and O–H groups in total. The van der Waals surface area contributed by atoms with Crippen LogP contribution in [0.2, 0.25) is 0 Å². The number of fused-ring (bicyclic) bond motifs is 6. The van der Waals surface area contributed by atoms with Gasteiger partial charge in [-0.25, -0.2) is 4.39 Å². The number of halogens is 1. The molecule has 382 valence electrons. The average Bonchev–Trinajstić information content (AvgIpc) is 4.22. The van der Waals surface area contributed by atoms with Crippen LogP contribution in [-0.4, -0.2) is 4.57 Å². The van der Waals surface area contributed by atoms with Crippen molar-refractivity contribution in [2.24, 2.45) is 0 Å². The molecule has 1 unspecified atom stereocenters. The van der Waals surface area contributed by atoms with Crippen molar-refractivity contribution in [3.8, 4) is 50.6 Å². The summed E-state index contributed by atoms with van der Waals surface area (Å²) in [5.74, 6) is 1.29. The van der Waals surface area contributed by atoms with E-state index in [9.17, 15) is 4.39 Å². The predicted molar refractivity (Wildman–Crippen MR) is 328 cm³/mol. The van der Waals surface area contributed by atoms with E-state index >= 15 is 0 Å². The van der Waals surface area contributed by atoms with Gasteiger partial charge in [0.05, 0.1) is 16.4 Å². The van der Waals surface area contributed by atoms with Crippen molar-refractivity contribution in [3.63, 3.8) is 0 Å². The molecule has 1 aromatic heterocycles. The van der Waals surface area contributed by atoms with Crippen LogP contribution in [0.3, 0.4) is 0 Å². The summed E-state index contributed by atoms with van der Waals surface area (Å²) in [6.45, 7) is 15.2. The first-order valence-electron chi connectivity index (χ1n) is 27.2. The standard InChI is InChI=1S/C75H59FN2O/c1-7-51-21-39-62(40-22-51)79-63-41-30-57(31-42-63)75(56-15-9-8-10-16-56)69-19-13-11-17-64(69)65-43-38-61(48-70(65)75)77(59-34-25-53(26-35-59)52-23-28-55(29-24-52)74(4,5)6)73-46-49(2)67(45-50(73)3)54-27-44-72-68(47-54)66-18-12-14-20-71(66)78(72)60-36-32-58(76)33-37-60/h7-48H,1H2,2-6H3. The summed E-state index contributed by atoms with van der Waals surface area (Å²) in [6.07, 6.45) is 1.84. The molecule has 0 fully saturated rings. The number of benzene rings is 11. The third-order valence-corrected chi connectivity index (χ3v) is 16.2. The van der Waals surface area contributed by atoms with Crippen LogP contribution in [0.5, 0.6) is 11.5 Å². The number of ether oxygens (including phenoxy) is 1. The van der Waals surface area contributed by atoms with Gasteiger partial charge in [0, 0.05) is 33.5 Å². The molecule has 79 heavy (non-hydrogen) atoms. The fourth-order valence-corrected chi connectivity index (χ4v) is 12.2. The topological polar surface area (TPSA) is 17.4 Å². The summed E-state index contributed by atoms with van der Waals surface area (Å²) in [4.78, 5) is 2.45. The Kier molecular flexibility index (Phi) is 12.1. The Bertz CT molecular complexity index is 4260. The van der Waals surface area contributed by atoms with Gasteiger partial charge in [-0.1, -0.05) is 179 Å². The van der Waals surface area contributed by atoms with E-state index in [1.807, 2.05) is 42.5 Å². The van der Waals surface area contributed by atoms with E-state index in [2.05, 4.69) is 251 Å². The molecule has 3 nitrogen and oxygen atoms in total. The van der Waals surface area contributed by atoms with Gasteiger partial charge in [-0.3, -0.25) is 0 Å². The van der Waals surface area contributed by atoms with Crippen LogP contribution in [0.1, 0.15) is 65.3 Å². The van der Waals surface area contributed by atoms with E-state index in [0.29, 0.717) is 0 Å². The van der Waals surface area contributed by atoms with E-state index in [4.69, 9.17) is 4.74 Å². The van der Waals surface area contributed by atoms with E-state index in [0.717, 1.165) is 89.4 Å². The van der Waals surface area contributed by atoms with Crippen molar-refractivity contribution >= 4 is 44.9 Å². The minimum absolute atomic E-state index is 0.0683. The van der Waals surface area contributed by atoms with Crippen LogP contribution >= 0.6 is 0 Å². The SMILES string of the molecule is C=Cc1ccc(Oc2ccc(C3(c4ccccc4)c4ccccc4-c4ccc(N(c5ccc(-c6ccc(C(C)(C)C)cc6)cc5)c5cc(C)c(-c6ccc7c(c6)c6ccccc6n7-c6ccc(F)cc6)cc5C)cc43)cc2)cc1. The first-order chi connectivity index (χ1) is 38.5. The van der Waals surface area contributed by atoms with Crippen molar-refractivity contribution in [3.05, 3.63) is 306 Å². The van der Waals surface area contributed by atoms with Gasteiger partial charge in [0.25, 0.3) is 0 Å². The smallest absolute Gasteiger partial charge is 0.127 e. The van der Waals surface area contributed by atoms with Crippen molar-refractivity contribution in [1.82, 2.24) is 4.57 Å². The average molecular weight is 1020 g/mol. The van der Waals surface area contributed by atoms with Crippen LogP contribution in [0.25, 0.3) is 66.9 Å². The van der Waals surface area contributed by atoms with E-state index in [1.165, 1.54) is 56.6 Å². The fourth-order valence-electron chi connectivity index (χ4n) is 12.2. The third-order valence-electron chi connectivity index (χ3n) is 16.2.